The number of hydrogen-bond donors (Lipinski definition) is 1. The van der Waals surface area contributed by atoms with Gasteiger partial charge >= 0.3 is 0 Å². The predicted molar refractivity (Wildman–Crippen MR) is 68.3 cm³/mol. The van der Waals surface area contributed by atoms with Crippen LogP contribution in [0.25, 0.3) is 6.08 Å². The molecule has 0 fully saturated rings. The highest BCUT2D eigenvalue weighted by Gasteiger charge is 2.03. The lowest BCUT2D eigenvalue weighted by Crippen LogP contribution is -2.11. The summed E-state index contributed by atoms with van der Waals surface area (Å²) in [5.74, 6) is 0.585. The van der Waals surface area contributed by atoms with Crippen LogP contribution >= 0.6 is 0 Å². The van der Waals surface area contributed by atoms with Crippen LogP contribution < -0.4 is 5.32 Å². The molecule has 15 heavy (non-hydrogen) atoms. The minimum absolute atomic E-state index is 0.585. The van der Waals surface area contributed by atoms with Crippen LogP contribution in [0.5, 0.6) is 0 Å². The van der Waals surface area contributed by atoms with Crippen LogP contribution in [0.15, 0.2) is 24.8 Å². The van der Waals surface area contributed by atoms with E-state index >= 15 is 0 Å². The van der Waals surface area contributed by atoms with E-state index in [0.717, 1.165) is 13.0 Å². The summed E-state index contributed by atoms with van der Waals surface area (Å²) in [7, 11) is 1.98. The molecule has 0 spiro atoms. The molecule has 0 heterocycles. The quantitative estimate of drug-likeness (QED) is 0.775. The zero-order valence-corrected chi connectivity index (χ0v) is 10.0. The second-order valence-electron chi connectivity index (χ2n) is 4.17. The van der Waals surface area contributed by atoms with Crippen molar-refractivity contribution < 1.29 is 0 Å². The van der Waals surface area contributed by atoms with E-state index in [4.69, 9.17) is 0 Å². The Morgan fingerprint density at radius 3 is 2.67 bits per heavy atom. The molecule has 0 aliphatic rings. The Bertz CT molecular complexity index is 326. The molecule has 0 saturated carbocycles. The number of nitrogens with one attached hydrogen (secondary N) is 1. The normalized spacial score (nSPS) is 10.7. The fourth-order valence-corrected chi connectivity index (χ4v) is 1.65. The van der Waals surface area contributed by atoms with Gasteiger partial charge in [0.1, 0.15) is 0 Å². The molecule has 0 aliphatic carbocycles. The molecule has 0 aliphatic heterocycles. The standard InChI is InChI=1S/C14H21N/c1-5-12-10-14(11(2)3)7-6-13(12)8-9-15-4/h5-7,10-11,15H,1,8-9H2,2-4H3. The fraction of sp³-hybridized carbons (Fsp3) is 0.429. The Kier molecular flexibility index (Phi) is 4.57. The molecule has 1 rings (SSSR count). The molecule has 0 aromatic heterocycles. The zero-order chi connectivity index (χ0) is 11.3. The van der Waals surface area contributed by atoms with E-state index in [-0.39, 0.29) is 0 Å². The maximum Gasteiger partial charge on any atom is -0.00111 e. The van der Waals surface area contributed by atoms with Gasteiger partial charge in [0.05, 0.1) is 0 Å². The molecule has 0 bridgehead atoms. The molecule has 1 nitrogen and oxygen atoms in total. The van der Waals surface area contributed by atoms with Gasteiger partial charge in [0.15, 0.2) is 0 Å². The van der Waals surface area contributed by atoms with Crippen molar-refractivity contribution in [3.05, 3.63) is 41.5 Å². The monoisotopic (exact) mass is 203 g/mol. The Morgan fingerprint density at radius 2 is 2.13 bits per heavy atom. The van der Waals surface area contributed by atoms with Crippen molar-refractivity contribution in [2.75, 3.05) is 13.6 Å². The third-order valence-corrected chi connectivity index (χ3v) is 2.70. The molecule has 82 valence electrons. The van der Waals surface area contributed by atoms with E-state index in [1.807, 2.05) is 13.1 Å². The predicted octanol–water partition coefficient (Wildman–Crippen LogP) is 3.21. The van der Waals surface area contributed by atoms with Crippen LogP contribution in [0.2, 0.25) is 0 Å². The lowest BCUT2D eigenvalue weighted by atomic mass is 9.96. The first-order chi connectivity index (χ1) is 7.19. The van der Waals surface area contributed by atoms with Gasteiger partial charge < -0.3 is 5.32 Å². The molecule has 1 aromatic rings. The van der Waals surface area contributed by atoms with E-state index in [1.165, 1.54) is 16.7 Å². The maximum absolute atomic E-state index is 3.88. The van der Waals surface area contributed by atoms with Crippen LogP contribution in [-0.2, 0) is 6.42 Å². The molecule has 0 atom stereocenters. The van der Waals surface area contributed by atoms with Gasteiger partial charge in [0.25, 0.3) is 0 Å². The first-order valence-electron chi connectivity index (χ1n) is 5.59. The number of hydrogen-bond acceptors (Lipinski definition) is 1. The van der Waals surface area contributed by atoms with Crippen LogP contribution in [0, 0.1) is 0 Å². The van der Waals surface area contributed by atoms with Crippen molar-refractivity contribution in [1.82, 2.24) is 5.32 Å². The Hall–Kier alpha value is -1.08. The van der Waals surface area contributed by atoms with Gasteiger partial charge in [-0.15, -0.1) is 0 Å². The summed E-state index contributed by atoms with van der Waals surface area (Å²) in [6.07, 6.45) is 3.02. The number of benzene rings is 1. The summed E-state index contributed by atoms with van der Waals surface area (Å²) in [5.41, 5.74) is 4.04. The number of likely N-dealkylation sites (N-methyl/N-ethyl adjacent to an activating group) is 1. The third-order valence-electron chi connectivity index (χ3n) is 2.70. The van der Waals surface area contributed by atoms with E-state index < -0.39 is 0 Å². The summed E-state index contributed by atoms with van der Waals surface area (Å²) >= 11 is 0. The molecule has 0 saturated heterocycles. The van der Waals surface area contributed by atoms with Crippen LogP contribution in [0.1, 0.15) is 36.5 Å². The summed E-state index contributed by atoms with van der Waals surface area (Å²) < 4.78 is 0. The molecule has 0 radical (unpaired) electrons. The van der Waals surface area contributed by atoms with E-state index in [0.29, 0.717) is 5.92 Å². The SMILES string of the molecule is C=Cc1cc(C(C)C)ccc1CCNC. The molecular formula is C14H21N. The Morgan fingerprint density at radius 1 is 1.40 bits per heavy atom. The van der Waals surface area contributed by atoms with Gasteiger partial charge in [-0.25, -0.2) is 0 Å². The largest absolute Gasteiger partial charge is 0.319 e. The molecule has 0 unspecified atom stereocenters. The highest BCUT2D eigenvalue weighted by molar-refractivity contribution is 5.53. The van der Waals surface area contributed by atoms with E-state index in [1.54, 1.807) is 0 Å². The minimum atomic E-state index is 0.585. The van der Waals surface area contributed by atoms with Crippen molar-refractivity contribution in [1.29, 1.82) is 0 Å². The van der Waals surface area contributed by atoms with Gasteiger partial charge in [0, 0.05) is 0 Å². The van der Waals surface area contributed by atoms with Gasteiger partial charge in [-0.05, 0) is 42.6 Å². The molecular weight excluding hydrogens is 182 g/mol. The summed E-state index contributed by atoms with van der Waals surface area (Å²) in [6.45, 7) is 9.33. The lowest BCUT2D eigenvalue weighted by Gasteiger charge is -2.11. The van der Waals surface area contributed by atoms with E-state index in [2.05, 4.69) is 43.9 Å². The van der Waals surface area contributed by atoms with Crippen LogP contribution in [-0.4, -0.2) is 13.6 Å². The first kappa shape index (κ1) is 12.0. The molecule has 1 heteroatoms. The van der Waals surface area contributed by atoms with E-state index in [9.17, 15) is 0 Å². The van der Waals surface area contributed by atoms with Crippen molar-refractivity contribution in [2.24, 2.45) is 0 Å². The van der Waals surface area contributed by atoms with Crippen molar-refractivity contribution >= 4 is 6.08 Å². The van der Waals surface area contributed by atoms with Crippen molar-refractivity contribution in [3.8, 4) is 0 Å². The third kappa shape index (κ3) is 3.21. The van der Waals surface area contributed by atoms with Gasteiger partial charge in [-0.3, -0.25) is 0 Å². The lowest BCUT2D eigenvalue weighted by molar-refractivity contribution is 0.789. The molecule has 0 amide bonds. The van der Waals surface area contributed by atoms with Crippen molar-refractivity contribution in [2.45, 2.75) is 26.2 Å². The average Bonchev–Trinajstić information content (AvgIpc) is 2.25. The molecule has 1 aromatic carbocycles. The second kappa shape index (κ2) is 5.72. The molecule has 1 N–H and O–H groups in total. The van der Waals surface area contributed by atoms with Crippen molar-refractivity contribution in [3.63, 3.8) is 0 Å². The zero-order valence-electron chi connectivity index (χ0n) is 10.0. The summed E-state index contributed by atoms with van der Waals surface area (Å²) in [6, 6.07) is 6.70. The maximum atomic E-state index is 3.88. The minimum Gasteiger partial charge on any atom is -0.319 e. The first-order valence-corrected chi connectivity index (χ1v) is 5.59. The van der Waals surface area contributed by atoms with Gasteiger partial charge in [-0.1, -0.05) is 44.7 Å². The Balaban J connectivity index is 2.93. The van der Waals surface area contributed by atoms with Gasteiger partial charge in [-0.2, -0.15) is 0 Å². The van der Waals surface area contributed by atoms with Gasteiger partial charge in [0.2, 0.25) is 0 Å². The number of rotatable bonds is 5. The van der Waals surface area contributed by atoms with Crippen LogP contribution in [0.3, 0.4) is 0 Å². The average molecular weight is 203 g/mol. The highest BCUT2D eigenvalue weighted by Crippen LogP contribution is 2.20. The fourth-order valence-electron chi connectivity index (χ4n) is 1.65. The Labute approximate surface area is 93.2 Å². The second-order valence-corrected chi connectivity index (χ2v) is 4.17. The summed E-state index contributed by atoms with van der Waals surface area (Å²) in [4.78, 5) is 0. The topological polar surface area (TPSA) is 12.0 Å². The van der Waals surface area contributed by atoms with Crippen LogP contribution in [0.4, 0.5) is 0 Å². The highest BCUT2D eigenvalue weighted by atomic mass is 14.8. The summed E-state index contributed by atoms with van der Waals surface area (Å²) in [5, 5.41) is 3.17. The smallest absolute Gasteiger partial charge is 0.00111 e.